The van der Waals surface area contributed by atoms with Crippen LogP contribution in [0.1, 0.15) is 48.8 Å². The summed E-state index contributed by atoms with van der Waals surface area (Å²) in [6, 6.07) is 8.11. The van der Waals surface area contributed by atoms with Gasteiger partial charge in [0.25, 0.3) is 5.91 Å². The van der Waals surface area contributed by atoms with E-state index in [1.807, 2.05) is 5.43 Å². The SMILES string of the molecule is Cc1ccc(C)n1-c1cc(C(=O)N/N=C/c2cc(C(F)(F)F)cc(C(F)(F)F)c2)ccc1C(=O)O. The van der Waals surface area contributed by atoms with Crippen LogP contribution in [0.5, 0.6) is 0 Å². The van der Waals surface area contributed by atoms with E-state index in [1.165, 1.54) is 18.2 Å². The lowest BCUT2D eigenvalue weighted by Gasteiger charge is -2.14. The molecule has 0 aliphatic carbocycles. The summed E-state index contributed by atoms with van der Waals surface area (Å²) in [4.78, 5) is 24.2. The molecule has 3 rings (SSSR count). The van der Waals surface area contributed by atoms with Crippen LogP contribution in [0, 0.1) is 13.8 Å². The van der Waals surface area contributed by atoms with Crippen molar-refractivity contribution in [1.82, 2.24) is 9.99 Å². The molecule has 0 radical (unpaired) electrons. The van der Waals surface area contributed by atoms with Crippen LogP contribution in [0.25, 0.3) is 5.69 Å². The van der Waals surface area contributed by atoms with E-state index in [2.05, 4.69) is 5.10 Å². The molecule has 1 heterocycles. The monoisotopic (exact) mass is 497 g/mol. The highest BCUT2D eigenvalue weighted by Gasteiger charge is 2.36. The minimum Gasteiger partial charge on any atom is -0.478 e. The maximum absolute atomic E-state index is 13.0. The Kier molecular flexibility index (Phi) is 6.77. The van der Waals surface area contributed by atoms with E-state index >= 15 is 0 Å². The van der Waals surface area contributed by atoms with Gasteiger partial charge in [-0.1, -0.05) is 0 Å². The molecule has 0 aliphatic heterocycles. The number of aryl methyl sites for hydroxylation is 2. The summed E-state index contributed by atoms with van der Waals surface area (Å²) in [6.45, 7) is 3.47. The Bertz CT molecular complexity index is 1270. The number of aromatic nitrogens is 1. The third-order valence-electron chi connectivity index (χ3n) is 4.99. The lowest BCUT2D eigenvalue weighted by atomic mass is 10.1. The summed E-state index contributed by atoms with van der Waals surface area (Å²) >= 11 is 0. The van der Waals surface area contributed by atoms with Crippen LogP contribution < -0.4 is 5.43 Å². The number of aromatic carboxylic acids is 1. The predicted molar refractivity (Wildman–Crippen MR) is 114 cm³/mol. The minimum absolute atomic E-state index is 0.0212. The van der Waals surface area contributed by atoms with Gasteiger partial charge in [0.2, 0.25) is 0 Å². The van der Waals surface area contributed by atoms with Gasteiger partial charge in [-0.25, -0.2) is 10.2 Å². The summed E-state index contributed by atoms with van der Waals surface area (Å²) in [5, 5.41) is 13.0. The zero-order chi connectivity index (χ0) is 26.1. The Balaban J connectivity index is 1.91. The number of alkyl halides is 6. The Morgan fingerprint density at radius 3 is 1.91 bits per heavy atom. The number of benzene rings is 2. The molecule has 0 saturated carbocycles. The molecular weight excluding hydrogens is 480 g/mol. The van der Waals surface area contributed by atoms with Gasteiger partial charge in [-0.05, 0) is 67.9 Å². The molecule has 12 heteroatoms. The van der Waals surface area contributed by atoms with Gasteiger partial charge in [0.1, 0.15) is 0 Å². The highest BCUT2D eigenvalue weighted by Crippen LogP contribution is 2.36. The van der Waals surface area contributed by atoms with Gasteiger partial charge in [0.05, 0.1) is 28.6 Å². The third kappa shape index (κ3) is 5.70. The van der Waals surface area contributed by atoms with Crippen molar-refractivity contribution >= 4 is 18.1 Å². The Hall–Kier alpha value is -4.09. The molecule has 0 atom stereocenters. The number of carbonyl (C=O) groups is 2. The van der Waals surface area contributed by atoms with Crippen LogP contribution in [0.3, 0.4) is 0 Å². The number of amides is 1. The second-order valence-corrected chi connectivity index (χ2v) is 7.53. The molecule has 2 N–H and O–H groups in total. The van der Waals surface area contributed by atoms with Crippen LogP contribution in [0.2, 0.25) is 0 Å². The molecule has 1 amide bonds. The molecule has 0 saturated heterocycles. The molecule has 2 aromatic carbocycles. The first-order valence-electron chi connectivity index (χ1n) is 9.84. The summed E-state index contributed by atoms with van der Waals surface area (Å²) in [5.41, 5.74) is -0.0766. The number of rotatable bonds is 5. The van der Waals surface area contributed by atoms with E-state index in [4.69, 9.17) is 0 Å². The molecule has 184 valence electrons. The number of hydrazone groups is 1. The number of hydrogen-bond donors (Lipinski definition) is 2. The van der Waals surface area contributed by atoms with Crippen molar-refractivity contribution in [2.45, 2.75) is 26.2 Å². The van der Waals surface area contributed by atoms with Crippen LogP contribution in [-0.2, 0) is 12.4 Å². The summed E-state index contributed by atoms with van der Waals surface area (Å²) < 4.78 is 79.5. The third-order valence-corrected chi connectivity index (χ3v) is 4.99. The first kappa shape index (κ1) is 25.5. The lowest BCUT2D eigenvalue weighted by Crippen LogP contribution is -2.19. The fourth-order valence-corrected chi connectivity index (χ4v) is 3.37. The van der Waals surface area contributed by atoms with Gasteiger partial charge >= 0.3 is 18.3 Å². The van der Waals surface area contributed by atoms with E-state index < -0.39 is 40.9 Å². The van der Waals surface area contributed by atoms with E-state index in [0.717, 1.165) is 0 Å². The van der Waals surface area contributed by atoms with Crippen molar-refractivity contribution in [3.05, 3.63) is 87.7 Å². The highest BCUT2D eigenvalue weighted by atomic mass is 19.4. The normalized spacial score (nSPS) is 12.2. The first-order chi connectivity index (χ1) is 16.2. The largest absolute Gasteiger partial charge is 0.478 e. The van der Waals surface area contributed by atoms with E-state index in [9.17, 15) is 41.0 Å². The number of carbonyl (C=O) groups excluding carboxylic acids is 1. The molecule has 0 fully saturated rings. The van der Waals surface area contributed by atoms with Gasteiger partial charge in [-0.3, -0.25) is 4.79 Å². The minimum atomic E-state index is -5.02. The van der Waals surface area contributed by atoms with Crippen molar-refractivity contribution in [2.75, 3.05) is 0 Å². The van der Waals surface area contributed by atoms with Gasteiger partial charge in [-0.2, -0.15) is 31.4 Å². The number of carboxylic acids is 1. The van der Waals surface area contributed by atoms with Crippen LogP contribution >= 0.6 is 0 Å². The Labute approximate surface area is 194 Å². The average molecular weight is 497 g/mol. The Morgan fingerprint density at radius 2 is 1.43 bits per heavy atom. The molecule has 1 aromatic heterocycles. The van der Waals surface area contributed by atoms with E-state index in [1.54, 1.807) is 30.5 Å². The van der Waals surface area contributed by atoms with Crippen LogP contribution in [0.15, 0.2) is 53.6 Å². The van der Waals surface area contributed by atoms with Gasteiger partial charge in [0, 0.05) is 17.0 Å². The number of halogens is 6. The fraction of sp³-hybridized carbons (Fsp3) is 0.174. The molecule has 3 aromatic rings. The number of nitrogens with one attached hydrogen (secondary N) is 1. The summed E-state index contributed by atoms with van der Waals surface area (Å²) in [6.07, 6.45) is -9.40. The molecule has 35 heavy (non-hydrogen) atoms. The highest BCUT2D eigenvalue weighted by molar-refractivity contribution is 5.98. The average Bonchev–Trinajstić information content (AvgIpc) is 3.09. The maximum Gasteiger partial charge on any atom is 0.416 e. The molecule has 0 unspecified atom stereocenters. The van der Waals surface area contributed by atoms with Crippen LogP contribution in [0.4, 0.5) is 26.3 Å². The van der Waals surface area contributed by atoms with Gasteiger partial charge < -0.3 is 9.67 Å². The van der Waals surface area contributed by atoms with Crippen molar-refractivity contribution < 1.29 is 41.0 Å². The molecular formula is C23H17F6N3O3. The van der Waals surface area contributed by atoms with E-state index in [0.29, 0.717) is 29.7 Å². The standard InChI is InChI=1S/C23H17F6N3O3/c1-12-3-4-13(2)32(12)19-9-15(5-6-18(19)21(34)35)20(33)31-30-11-14-7-16(22(24,25)26)10-17(8-14)23(27,28)29/h3-11H,1-2H3,(H,31,33)(H,34,35)/b30-11+. The summed E-state index contributed by atoms with van der Waals surface area (Å²) in [7, 11) is 0. The summed E-state index contributed by atoms with van der Waals surface area (Å²) in [5.74, 6) is -2.09. The quantitative estimate of drug-likeness (QED) is 0.274. The van der Waals surface area contributed by atoms with Gasteiger partial charge in [0.15, 0.2) is 0 Å². The second kappa shape index (κ2) is 9.28. The van der Waals surface area contributed by atoms with E-state index in [-0.39, 0.29) is 22.9 Å². The maximum atomic E-state index is 13.0. The van der Waals surface area contributed by atoms with Crippen molar-refractivity contribution in [2.24, 2.45) is 5.10 Å². The topological polar surface area (TPSA) is 83.7 Å². The zero-order valence-electron chi connectivity index (χ0n) is 18.1. The van der Waals surface area contributed by atoms with Crippen LogP contribution in [-0.4, -0.2) is 27.8 Å². The van der Waals surface area contributed by atoms with Gasteiger partial charge in [-0.15, -0.1) is 0 Å². The number of nitrogens with zero attached hydrogens (tertiary/aromatic N) is 2. The smallest absolute Gasteiger partial charge is 0.416 e. The molecule has 0 spiro atoms. The Morgan fingerprint density at radius 1 is 0.886 bits per heavy atom. The lowest BCUT2D eigenvalue weighted by molar-refractivity contribution is -0.143. The van der Waals surface area contributed by atoms with Crippen molar-refractivity contribution in [1.29, 1.82) is 0 Å². The molecule has 0 aliphatic rings. The van der Waals surface area contributed by atoms with Crippen molar-refractivity contribution in [3.63, 3.8) is 0 Å². The second-order valence-electron chi connectivity index (χ2n) is 7.53. The molecule has 0 bridgehead atoms. The predicted octanol–water partition coefficient (Wildman–Crippen LogP) is 5.59. The van der Waals surface area contributed by atoms with Crippen molar-refractivity contribution in [3.8, 4) is 5.69 Å². The number of carboxylic acid groups (broad SMARTS) is 1. The fourth-order valence-electron chi connectivity index (χ4n) is 3.37. The number of hydrogen-bond acceptors (Lipinski definition) is 3. The zero-order valence-corrected chi connectivity index (χ0v) is 18.1. The first-order valence-corrected chi connectivity index (χ1v) is 9.84. The molecule has 6 nitrogen and oxygen atoms in total.